The van der Waals surface area contributed by atoms with Gasteiger partial charge in [-0.15, -0.1) is 24.8 Å². The average Bonchev–Trinajstić information content (AvgIpc) is 2.30. The first-order valence-electron chi connectivity index (χ1n) is 5.58. The number of nitrogens with one attached hydrogen (secondary N) is 1. The number of carbonyl (C=O) groups is 1. The van der Waals surface area contributed by atoms with Gasteiger partial charge in [-0.3, -0.25) is 4.79 Å². The molecule has 0 spiro atoms. The Morgan fingerprint density at radius 3 is 2.61 bits per heavy atom. The van der Waals surface area contributed by atoms with Crippen molar-refractivity contribution in [2.45, 2.75) is 12.5 Å². The molecule has 1 aliphatic rings. The van der Waals surface area contributed by atoms with Gasteiger partial charge >= 0.3 is 0 Å². The minimum atomic E-state index is -0.241. The molecule has 102 valence electrons. The molecular formula is C12H19Cl2N3O. The molecule has 6 heteroatoms. The van der Waals surface area contributed by atoms with E-state index in [9.17, 15) is 4.79 Å². The minimum absolute atomic E-state index is 0. The number of carbonyl (C=O) groups excluding carboxylic acids is 1. The van der Waals surface area contributed by atoms with E-state index in [1.54, 1.807) is 0 Å². The Bertz CT molecular complexity index is 362. The Labute approximate surface area is 120 Å². The summed E-state index contributed by atoms with van der Waals surface area (Å²) in [5.41, 5.74) is 6.43. The highest BCUT2D eigenvalue weighted by Gasteiger charge is 2.23. The SMILES string of the molecule is Cl.Cl.NC(=O)CC1CNCCN1c1ccccc1. The number of halogens is 2. The van der Waals surface area contributed by atoms with Crippen LogP contribution in [0.15, 0.2) is 30.3 Å². The van der Waals surface area contributed by atoms with Crippen molar-refractivity contribution < 1.29 is 4.79 Å². The number of anilines is 1. The lowest BCUT2D eigenvalue weighted by Crippen LogP contribution is -2.52. The van der Waals surface area contributed by atoms with Gasteiger partial charge in [-0.25, -0.2) is 0 Å². The summed E-state index contributed by atoms with van der Waals surface area (Å²) >= 11 is 0. The van der Waals surface area contributed by atoms with Gasteiger partial charge in [0.25, 0.3) is 0 Å². The van der Waals surface area contributed by atoms with Gasteiger partial charge < -0.3 is 16.0 Å². The fourth-order valence-corrected chi connectivity index (χ4v) is 2.13. The van der Waals surface area contributed by atoms with Crippen LogP contribution in [0.25, 0.3) is 0 Å². The summed E-state index contributed by atoms with van der Waals surface area (Å²) in [5, 5.41) is 3.29. The van der Waals surface area contributed by atoms with Crippen LogP contribution in [0.1, 0.15) is 6.42 Å². The number of rotatable bonds is 3. The number of amides is 1. The second-order valence-electron chi connectivity index (χ2n) is 4.06. The molecule has 2 rings (SSSR count). The smallest absolute Gasteiger partial charge is 0.219 e. The Kier molecular flexibility index (Phi) is 7.75. The van der Waals surface area contributed by atoms with Gasteiger partial charge in [0.05, 0.1) is 6.04 Å². The monoisotopic (exact) mass is 291 g/mol. The number of primary amides is 1. The van der Waals surface area contributed by atoms with Gasteiger partial charge in [-0.05, 0) is 12.1 Å². The Morgan fingerprint density at radius 1 is 1.33 bits per heavy atom. The number of hydrogen-bond donors (Lipinski definition) is 2. The van der Waals surface area contributed by atoms with E-state index in [-0.39, 0.29) is 36.8 Å². The van der Waals surface area contributed by atoms with Crippen molar-refractivity contribution in [3.05, 3.63) is 30.3 Å². The third-order valence-electron chi connectivity index (χ3n) is 2.87. The summed E-state index contributed by atoms with van der Waals surface area (Å²) in [5.74, 6) is -0.241. The van der Waals surface area contributed by atoms with Crippen molar-refractivity contribution >= 4 is 36.4 Å². The molecule has 0 saturated carbocycles. The van der Waals surface area contributed by atoms with Crippen LogP contribution in [0.4, 0.5) is 5.69 Å². The standard InChI is InChI=1S/C12H17N3O.2ClH/c13-12(16)8-11-9-14-6-7-15(11)10-4-2-1-3-5-10;;/h1-5,11,14H,6-9H2,(H2,13,16);2*1H. The molecule has 1 aromatic rings. The number of nitrogens with zero attached hydrogens (tertiary/aromatic N) is 1. The topological polar surface area (TPSA) is 58.4 Å². The van der Waals surface area contributed by atoms with Gasteiger partial charge in [-0.2, -0.15) is 0 Å². The molecule has 1 saturated heterocycles. The number of piperazine rings is 1. The number of benzene rings is 1. The van der Waals surface area contributed by atoms with E-state index in [1.165, 1.54) is 0 Å². The van der Waals surface area contributed by atoms with Crippen LogP contribution in [0, 0.1) is 0 Å². The fourth-order valence-electron chi connectivity index (χ4n) is 2.13. The van der Waals surface area contributed by atoms with Gasteiger partial charge in [-0.1, -0.05) is 18.2 Å². The molecule has 1 fully saturated rings. The molecule has 0 aliphatic carbocycles. The molecule has 18 heavy (non-hydrogen) atoms. The molecule has 3 N–H and O–H groups in total. The third-order valence-corrected chi connectivity index (χ3v) is 2.87. The van der Waals surface area contributed by atoms with Crippen molar-refractivity contribution in [2.24, 2.45) is 5.73 Å². The predicted octanol–water partition coefficient (Wildman–Crippen LogP) is 1.18. The van der Waals surface area contributed by atoms with Crippen molar-refractivity contribution in [1.82, 2.24) is 5.32 Å². The third kappa shape index (κ3) is 4.37. The summed E-state index contributed by atoms with van der Waals surface area (Å²) in [6, 6.07) is 10.3. The summed E-state index contributed by atoms with van der Waals surface area (Å²) in [6.07, 6.45) is 0.405. The van der Waals surface area contributed by atoms with Crippen LogP contribution in [-0.2, 0) is 4.79 Å². The quantitative estimate of drug-likeness (QED) is 0.879. The molecular weight excluding hydrogens is 273 g/mol. The zero-order valence-corrected chi connectivity index (χ0v) is 11.7. The van der Waals surface area contributed by atoms with Gasteiger partial charge in [0.2, 0.25) is 5.91 Å². The highest BCUT2D eigenvalue weighted by molar-refractivity contribution is 5.85. The maximum atomic E-state index is 11.0. The van der Waals surface area contributed by atoms with Crippen LogP contribution < -0.4 is 16.0 Å². The summed E-state index contributed by atoms with van der Waals surface area (Å²) in [6.45, 7) is 2.68. The Morgan fingerprint density at radius 2 is 2.00 bits per heavy atom. The molecule has 1 unspecified atom stereocenters. The van der Waals surface area contributed by atoms with Crippen LogP contribution in [0.2, 0.25) is 0 Å². The van der Waals surface area contributed by atoms with Crippen LogP contribution >= 0.6 is 24.8 Å². The molecule has 0 aromatic heterocycles. The average molecular weight is 292 g/mol. The zero-order valence-electron chi connectivity index (χ0n) is 10.0. The van der Waals surface area contributed by atoms with E-state index >= 15 is 0 Å². The predicted molar refractivity (Wildman–Crippen MR) is 78.8 cm³/mol. The lowest BCUT2D eigenvalue weighted by molar-refractivity contribution is -0.118. The first-order valence-corrected chi connectivity index (χ1v) is 5.58. The van der Waals surface area contributed by atoms with Crippen molar-refractivity contribution in [2.75, 3.05) is 24.5 Å². The molecule has 4 nitrogen and oxygen atoms in total. The van der Waals surface area contributed by atoms with Gasteiger partial charge in [0.1, 0.15) is 0 Å². The van der Waals surface area contributed by atoms with Crippen molar-refractivity contribution in [1.29, 1.82) is 0 Å². The first kappa shape index (κ1) is 17.0. The lowest BCUT2D eigenvalue weighted by Gasteiger charge is -2.37. The summed E-state index contributed by atoms with van der Waals surface area (Å²) in [4.78, 5) is 13.3. The molecule has 1 heterocycles. The normalized spacial score (nSPS) is 18.4. The molecule has 0 radical (unpaired) electrons. The highest BCUT2D eigenvalue weighted by atomic mass is 35.5. The van der Waals surface area contributed by atoms with E-state index in [1.807, 2.05) is 18.2 Å². The largest absolute Gasteiger partial charge is 0.370 e. The van der Waals surface area contributed by atoms with E-state index in [0.29, 0.717) is 6.42 Å². The van der Waals surface area contributed by atoms with Crippen molar-refractivity contribution in [3.8, 4) is 0 Å². The maximum absolute atomic E-state index is 11.0. The highest BCUT2D eigenvalue weighted by Crippen LogP contribution is 2.19. The van der Waals surface area contributed by atoms with Gasteiger partial charge in [0.15, 0.2) is 0 Å². The summed E-state index contributed by atoms with van der Waals surface area (Å²) in [7, 11) is 0. The summed E-state index contributed by atoms with van der Waals surface area (Å²) < 4.78 is 0. The Balaban J connectivity index is 0.00000144. The van der Waals surface area contributed by atoms with Gasteiger partial charge in [0, 0.05) is 31.7 Å². The molecule has 1 amide bonds. The first-order chi connectivity index (χ1) is 7.77. The Hall–Kier alpha value is -0.970. The van der Waals surface area contributed by atoms with E-state index in [2.05, 4.69) is 22.3 Å². The van der Waals surface area contributed by atoms with Crippen molar-refractivity contribution in [3.63, 3.8) is 0 Å². The lowest BCUT2D eigenvalue weighted by atomic mass is 10.1. The zero-order chi connectivity index (χ0) is 11.4. The van der Waals surface area contributed by atoms with Crippen LogP contribution in [0.5, 0.6) is 0 Å². The van der Waals surface area contributed by atoms with E-state index in [0.717, 1.165) is 25.3 Å². The molecule has 1 aliphatic heterocycles. The second-order valence-corrected chi connectivity index (χ2v) is 4.06. The minimum Gasteiger partial charge on any atom is -0.370 e. The number of hydrogen-bond acceptors (Lipinski definition) is 3. The number of para-hydroxylation sites is 1. The van der Waals surface area contributed by atoms with E-state index < -0.39 is 0 Å². The van der Waals surface area contributed by atoms with E-state index in [4.69, 9.17) is 5.73 Å². The fraction of sp³-hybridized carbons (Fsp3) is 0.417. The maximum Gasteiger partial charge on any atom is 0.219 e. The van der Waals surface area contributed by atoms with Crippen LogP contribution in [0.3, 0.4) is 0 Å². The molecule has 0 bridgehead atoms. The van der Waals surface area contributed by atoms with Crippen LogP contribution in [-0.4, -0.2) is 31.6 Å². The molecule has 1 atom stereocenters. The second kappa shape index (κ2) is 8.19. The number of nitrogens with two attached hydrogens (primary N) is 1. The molecule has 1 aromatic carbocycles.